The molecule has 0 spiro atoms. The van der Waals surface area contributed by atoms with Crippen molar-refractivity contribution in [1.82, 2.24) is 0 Å². The summed E-state index contributed by atoms with van der Waals surface area (Å²) < 4.78 is 9.40. The van der Waals surface area contributed by atoms with Gasteiger partial charge in [-0.3, -0.25) is 9.59 Å². The molecular weight excluding hydrogens is 556 g/mol. The third-order valence-electron chi connectivity index (χ3n) is 7.26. The smallest absolute Gasteiger partial charge is 0.305 e. The summed E-state index contributed by atoms with van der Waals surface area (Å²) in [6, 6.07) is 8.03. The number of carbonyl (C=O) groups excluding carboxylic acids is 2. The van der Waals surface area contributed by atoms with Gasteiger partial charge >= 0.3 is 11.9 Å². The van der Waals surface area contributed by atoms with Gasteiger partial charge in [0.2, 0.25) is 0 Å². The molecule has 0 amide bonds. The quantitative estimate of drug-likeness (QED) is 0.284. The average molecular weight is 617 g/mol. The second-order valence-corrected chi connectivity index (χ2v) is 15.2. The van der Waals surface area contributed by atoms with Crippen LogP contribution in [0.25, 0.3) is 0 Å². The van der Waals surface area contributed by atoms with Gasteiger partial charge in [-0.25, -0.2) is 0 Å². The summed E-state index contributed by atoms with van der Waals surface area (Å²) in [5.41, 5.74) is 5.24. The minimum Gasteiger partial charge on any atom is -0.507 e. The van der Waals surface area contributed by atoms with Gasteiger partial charge in [0.15, 0.2) is 0 Å². The van der Waals surface area contributed by atoms with Gasteiger partial charge in [-0.15, -0.1) is 0 Å². The van der Waals surface area contributed by atoms with Crippen molar-refractivity contribution < 1.29 is 34.4 Å². The Hall–Kier alpha value is -3.06. The highest BCUT2D eigenvalue weighted by molar-refractivity contribution is 5.70. The van der Waals surface area contributed by atoms with E-state index in [4.69, 9.17) is 14.6 Å². The lowest BCUT2D eigenvalue weighted by Gasteiger charge is -2.28. The number of methoxy groups -OCH3 is 2. The zero-order chi connectivity index (χ0) is 34.8. The van der Waals surface area contributed by atoms with Crippen LogP contribution < -0.4 is 0 Å². The molecule has 0 heterocycles. The number of esters is 2. The van der Waals surface area contributed by atoms with E-state index in [2.05, 4.69) is 83.1 Å². The third kappa shape index (κ3) is 12.5. The molecule has 250 valence electrons. The van der Waals surface area contributed by atoms with E-state index in [9.17, 15) is 19.8 Å². The summed E-state index contributed by atoms with van der Waals surface area (Å²) in [6.45, 7) is 25.0. The second-order valence-electron chi connectivity index (χ2n) is 15.2. The zero-order valence-electron chi connectivity index (χ0n) is 30.1. The van der Waals surface area contributed by atoms with Crippen LogP contribution >= 0.6 is 0 Å². The van der Waals surface area contributed by atoms with Crippen LogP contribution in [0.4, 0.5) is 0 Å². The van der Waals surface area contributed by atoms with Crippen LogP contribution in [0.15, 0.2) is 24.3 Å². The van der Waals surface area contributed by atoms with E-state index in [0.29, 0.717) is 37.2 Å². The Morgan fingerprint density at radius 2 is 0.727 bits per heavy atom. The number of aromatic hydroxyl groups is 2. The summed E-state index contributed by atoms with van der Waals surface area (Å²) in [6.07, 6.45) is 1.96. The molecule has 0 aliphatic heterocycles. The maximum absolute atomic E-state index is 11.3. The molecule has 3 N–H and O–H groups in total. The number of ether oxygens (including phenoxy) is 2. The number of rotatable bonds is 6. The van der Waals surface area contributed by atoms with Crippen molar-refractivity contribution in [2.24, 2.45) is 0 Å². The predicted molar refractivity (Wildman–Crippen MR) is 180 cm³/mol. The van der Waals surface area contributed by atoms with Crippen molar-refractivity contribution >= 4 is 11.9 Å². The van der Waals surface area contributed by atoms with Gasteiger partial charge in [-0.05, 0) is 67.9 Å². The average Bonchev–Trinajstić information content (AvgIpc) is 2.90. The Kier molecular flexibility index (Phi) is 15.2. The number of phenolic OH excluding ortho intramolecular Hbond substituents is 2. The maximum Gasteiger partial charge on any atom is 0.305 e. The van der Waals surface area contributed by atoms with Gasteiger partial charge < -0.3 is 24.8 Å². The van der Waals surface area contributed by atoms with Crippen molar-refractivity contribution in [2.45, 2.75) is 130 Å². The number of carbonyl (C=O) groups is 2. The predicted octanol–water partition coefficient (Wildman–Crippen LogP) is 7.79. The molecule has 0 saturated heterocycles. The number of hydrogen-bond acceptors (Lipinski definition) is 7. The van der Waals surface area contributed by atoms with E-state index in [1.165, 1.54) is 14.2 Å². The molecule has 0 bridgehead atoms. The Bertz CT molecular complexity index is 1060. The summed E-state index contributed by atoms with van der Waals surface area (Å²) in [5, 5.41) is 28.2. The molecule has 2 aromatic rings. The van der Waals surface area contributed by atoms with Crippen LogP contribution in [-0.4, -0.2) is 48.6 Å². The number of aliphatic hydroxyl groups excluding tert-OH is 1. The second kappa shape index (κ2) is 16.3. The van der Waals surface area contributed by atoms with E-state index in [1.807, 2.05) is 24.3 Å². The monoisotopic (exact) mass is 616 g/mol. The number of hydrogen-bond donors (Lipinski definition) is 3. The van der Waals surface area contributed by atoms with Gasteiger partial charge in [0.1, 0.15) is 11.5 Å². The van der Waals surface area contributed by atoms with E-state index in [-0.39, 0.29) is 33.6 Å². The van der Waals surface area contributed by atoms with Crippen molar-refractivity contribution in [3.8, 4) is 11.5 Å². The Labute approximate surface area is 267 Å². The first kappa shape index (κ1) is 40.9. The first-order valence-electron chi connectivity index (χ1n) is 15.3. The Morgan fingerprint density at radius 1 is 0.523 bits per heavy atom. The largest absolute Gasteiger partial charge is 0.507 e. The number of phenols is 2. The lowest BCUT2D eigenvalue weighted by atomic mass is 9.78. The highest BCUT2D eigenvalue weighted by atomic mass is 16.5. The van der Waals surface area contributed by atoms with Crippen molar-refractivity contribution in [3.05, 3.63) is 57.6 Å². The molecule has 2 aromatic carbocycles. The first-order chi connectivity index (χ1) is 19.9. The van der Waals surface area contributed by atoms with Crippen molar-refractivity contribution in [3.63, 3.8) is 0 Å². The van der Waals surface area contributed by atoms with Crippen LogP contribution in [0.3, 0.4) is 0 Å². The van der Waals surface area contributed by atoms with E-state index in [1.54, 1.807) is 0 Å². The standard InChI is InChI=1S/2C18H28O3.CH4O/c2*1-17(2,3)13-10-12(8-9-15(19)21-7)11-14(16(13)20)18(4,5)6;1-2/h2*10-11,20H,8-9H2,1-7H3;2H,1H3. The lowest BCUT2D eigenvalue weighted by Crippen LogP contribution is -2.18. The highest BCUT2D eigenvalue weighted by Gasteiger charge is 2.28. The summed E-state index contributed by atoms with van der Waals surface area (Å²) in [5.74, 6) is 0.323. The van der Waals surface area contributed by atoms with Crippen LogP contribution in [0.1, 0.15) is 129 Å². The fraction of sp³-hybridized carbons (Fsp3) is 0.622. The van der Waals surface area contributed by atoms with Crippen LogP contribution in [0.2, 0.25) is 0 Å². The Morgan fingerprint density at radius 3 is 0.886 bits per heavy atom. The van der Waals surface area contributed by atoms with Gasteiger partial charge in [0.25, 0.3) is 0 Å². The first-order valence-corrected chi connectivity index (χ1v) is 15.3. The molecule has 0 fully saturated rings. The summed E-state index contributed by atoms with van der Waals surface area (Å²) >= 11 is 0. The number of aliphatic hydroxyl groups is 1. The molecule has 0 radical (unpaired) electrons. The molecule has 0 aliphatic carbocycles. The molecular formula is C37H60O7. The summed E-state index contributed by atoms with van der Waals surface area (Å²) in [4.78, 5) is 22.7. The molecule has 0 atom stereocenters. The van der Waals surface area contributed by atoms with Crippen LogP contribution in [0.5, 0.6) is 11.5 Å². The minimum atomic E-state index is -0.210. The number of benzene rings is 2. The molecule has 7 heteroatoms. The topological polar surface area (TPSA) is 113 Å². The molecule has 0 aliphatic rings. The van der Waals surface area contributed by atoms with E-state index >= 15 is 0 Å². The third-order valence-corrected chi connectivity index (χ3v) is 7.26. The van der Waals surface area contributed by atoms with E-state index < -0.39 is 0 Å². The van der Waals surface area contributed by atoms with E-state index in [0.717, 1.165) is 40.5 Å². The Balaban J connectivity index is 0.000000795. The summed E-state index contributed by atoms with van der Waals surface area (Å²) in [7, 11) is 3.81. The van der Waals surface area contributed by atoms with Crippen LogP contribution in [0, 0.1) is 0 Å². The normalized spacial score (nSPS) is 11.9. The molecule has 44 heavy (non-hydrogen) atoms. The molecule has 0 unspecified atom stereocenters. The van der Waals surface area contributed by atoms with Gasteiger partial charge in [-0.2, -0.15) is 0 Å². The molecule has 0 aromatic heterocycles. The van der Waals surface area contributed by atoms with Crippen molar-refractivity contribution in [1.29, 1.82) is 0 Å². The van der Waals surface area contributed by atoms with Gasteiger partial charge in [-0.1, -0.05) is 107 Å². The molecule has 7 nitrogen and oxygen atoms in total. The molecule has 2 rings (SSSR count). The van der Waals surface area contributed by atoms with Gasteiger partial charge in [0.05, 0.1) is 14.2 Å². The minimum absolute atomic E-state index is 0.147. The van der Waals surface area contributed by atoms with Gasteiger partial charge in [0, 0.05) is 20.0 Å². The lowest BCUT2D eigenvalue weighted by molar-refractivity contribution is -0.141. The van der Waals surface area contributed by atoms with Crippen LogP contribution in [-0.2, 0) is 53.6 Å². The fourth-order valence-corrected chi connectivity index (χ4v) is 4.66. The number of aryl methyl sites for hydroxylation is 2. The molecule has 0 saturated carbocycles. The SMILES string of the molecule is CO.COC(=O)CCc1cc(C(C)(C)C)c(O)c(C(C)(C)C)c1.COC(=O)CCc1cc(C(C)(C)C)c(O)c(C(C)(C)C)c1. The zero-order valence-corrected chi connectivity index (χ0v) is 30.1. The fourth-order valence-electron chi connectivity index (χ4n) is 4.66. The van der Waals surface area contributed by atoms with Crippen molar-refractivity contribution in [2.75, 3.05) is 21.3 Å². The highest BCUT2D eigenvalue weighted by Crippen LogP contribution is 2.41. The maximum atomic E-state index is 11.3.